The molecular formula is C20H22ClN3O4S. The number of sulfonamides is 1. The molecular weight excluding hydrogens is 414 g/mol. The number of carbonyl (C=O) groups is 2. The van der Waals surface area contributed by atoms with Crippen LogP contribution in [0.2, 0.25) is 5.02 Å². The summed E-state index contributed by atoms with van der Waals surface area (Å²) in [7, 11) is -3.66. The van der Waals surface area contributed by atoms with E-state index in [0.29, 0.717) is 30.1 Å². The second-order valence-electron chi connectivity index (χ2n) is 6.90. The van der Waals surface area contributed by atoms with E-state index in [4.69, 9.17) is 11.6 Å². The van der Waals surface area contributed by atoms with Crippen LogP contribution in [0.3, 0.4) is 0 Å². The number of benzene rings is 2. The maximum absolute atomic E-state index is 12.9. The Morgan fingerprint density at radius 2 is 1.86 bits per heavy atom. The van der Waals surface area contributed by atoms with Gasteiger partial charge in [0.15, 0.2) is 0 Å². The van der Waals surface area contributed by atoms with Gasteiger partial charge in [0.25, 0.3) is 0 Å². The fourth-order valence-electron chi connectivity index (χ4n) is 3.22. The Kier molecular flexibility index (Phi) is 6.56. The number of rotatable bonds is 5. The zero-order valence-corrected chi connectivity index (χ0v) is 17.5. The molecule has 2 aromatic carbocycles. The molecule has 2 amide bonds. The summed E-state index contributed by atoms with van der Waals surface area (Å²) in [5, 5.41) is 5.43. The van der Waals surface area contributed by atoms with Gasteiger partial charge in [0.2, 0.25) is 10.0 Å². The highest BCUT2D eigenvalue weighted by molar-refractivity contribution is 7.89. The predicted molar refractivity (Wildman–Crippen MR) is 111 cm³/mol. The van der Waals surface area contributed by atoms with Crippen LogP contribution in [-0.2, 0) is 19.6 Å². The van der Waals surface area contributed by atoms with Crippen LogP contribution in [0.15, 0.2) is 53.4 Å². The first-order chi connectivity index (χ1) is 13.8. The van der Waals surface area contributed by atoms with Gasteiger partial charge in [0.05, 0.1) is 4.90 Å². The largest absolute Gasteiger partial charge is 0.346 e. The summed E-state index contributed by atoms with van der Waals surface area (Å²) in [4.78, 5) is 24.4. The fourth-order valence-corrected chi connectivity index (χ4v) is 5.10. The van der Waals surface area contributed by atoms with Crippen LogP contribution in [0.5, 0.6) is 0 Å². The van der Waals surface area contributed by atoms with Gasteiger partial charge in [-0.2, -0.15) is 4.31 Å². The lowest BCUT2D eigenvalue weighted by molar-refractivity contribution is -0.136. The number of anilines is 1. The number of aryl methyl sites for hydroxylation is 1. The molecule has 1 heterocycles. The molecule has 1 fully saturated rings. The lowest BCUT2D eigenvalue weighted by Crippen LogP contribution is -2.45. The summed E-state index contributed by atoms with van der Waals surface area (Å²) >= 11 is 5.86. The molecule has 1 aliphatic rings. The van der Waals surface area contributed by atoms with E-state index in [-0.39, 0.29) is 11.4 Å². The molecule has 2 N–H and O–H groups in total. The molecule has 2 aromatic rings. The van der Waals surface area contributed by atoms with Crippen molar-refractivity contribution in [3.05, 3.63) is 59.1 Å². The minimum atomic E-state index is -3.66. The molecule has 0 unspecified atom stereocenters. The molecule has 1 atom stereocenters. The maximum Gasteiger partial charge on any atom is 0.313 e. The molecule has 29 heavy (non-hydrogen) atoms. The molecule has 1 saturated heterocycles. The summed E-state index contributed by atoms with van der Waals surface area (Å²) in [5.41, 5.74) is 1.38. The molecule has 9 heteroatoms. The van der Waals surface area contributed by atoms with Crippen LogP contribution in [0.1, 0.15) is 18.4 Å². The van der Waals surface area contributed by atoms with E-state index >= 15 is 0 Å². The van der Waals surface area contributed by atoms with E-state index in [1.807, 2.05) is 6.92 Å². The first-order valence-electron chi connectivity index (χ1n) is 9.20. The molecule has 154 valence electrons. The van der Waals surface area contributed by atoms with Crippen molar-refractivity contribution in [2.45, 2.75) is 30.7 Å². The Hall–Kier alpha value is -2.42. The van der Waals surface area contributed by atoms with Crippen LogP contribution in [0.4, 0.5) is 5.69 Å². The number of hydrogen-bond acceptors (Lipinski definition) is 4. The average molecular weight is 436 g/mol. The lowest BCUT2D eigenvalue weighted by Gasteiger charge is -2.24. The number of hydrogen-bond donors (Lipinski definition) is 2. The van der Waals surface area contributed by atoms with Gasteiger partial charge in [-0.25, -0.2) is 8.42 Å². The van der Waals surface area contributed by atoms with Crippen molar-refractivity contribution in [2.75, 3.05) is 18.4 Å². The number of amides is 2. The summed E-state index contributed by atoms with van der Waals surface area (Å²) in [5.74, 6) is -1.66. The lowest BCUT2D eigenvalue weighted by atomic mass is 10.2. The normalized spacial score (nSPS) is 17.1. The monoisotopic (exact) mass is 435 g/mol. The van der Waals surface area contributed by atoms with Crippen molar-refractivity contribution in [2.24, 2.45) is 0 Å². The van der Waals surface area contributed by atoms with Crippen molar-refractivity contribution in [1.82, 2.24) is 9.62 Å². The smallest absolute Gasteiger partial charge is 0.313 e. The summed E-state index contributed by atoms with van der Waals surface area (Å²) < 4.78 is 27.3. The van der Waals surface area contributed by atoms with Crippen LogP contribution < -0.4 is 10.6 Å². The highest BCUT2D eigenvalue weighted by Crippen LogP contribution is 2.26. The van der Waals surface area contributed by atoms with Gasteiger partial charge >= 0.3 is 11.8 Å². The minimum Gasteiger partial charge on any atom is -0.346 e. The van der Waals surface area contributed by atoms with Crippen LogP contribution in [-0.4, -0.2) is 43.7 Å². The third-order valence-corrected chi connectivity index (χ3v) is 6.94. The van der Waals surface area contributed by atoms with Gasteiger partial charge in [0.1, 0.15) is 0 Å². The highest BCUT2D eigenvalue weighted by atomic mass is 35.5. The predicted octanol–water partition coefficient (Wildman–Crippen LogP) is 2.56. The Morgan fingerprint density at radius 1 is 1.14 bits per heavy atom. The van der Waals surface area contributed by atoms with E-state index in [1.54, 1.807) is 42.5 Å². The van der Waals surface area contributed by atoms with Crippen molar-refractivity contribution in [3.8, 4) is 0 Å². The molecule has 1 aliphatic heterocycles. The first kappa shape index (κ1) is 21.3. The van der Waals surface area contributed by atoms with Crippen molar-refractivity contribution < 1.29 is 18.0 Å². The van der Waals surface area contributed by atoms with E-state index < -0.39 is 27.9 Å². The molecule has 0 aromatic heterocycles. The van der Waals surface area contributed by atoms with Gasteiger partial charge in [-0.1, -0.05) is 35.4 Å². The summed E-state index contributed by atoms with van der Waals surface area (Å²) in [6.45, 7) is 2.33. The van der Waals surface area contributed by atoms with E-state index in [9.17, 15) is 18.0 Å². The number of halogens is 1. The number of carbonyl (C=O) groups excluding carboxylic acids is 2. The molecule has 7 nitrogen and oxygen atoms in total. The Balaban J connectivity index is 1.61. The Bertz CT molecular complexity index is 1010. The van der Waals surface area contributed by atoms with E-state index in [0.717, 1.165) is 5.56 Å². The number of nitrogens with zero attached hydrogens (tertiary/aromatic N) is 1. The SMILES string of the molecule is Cc1ccc(S(=O)(=O)N2CCC[C@@H]2CNC(=O)C(=O)Nc2cccc(Cl)c2)cc1. The third-order valence-electron chi connectivity index (χ3n) is 4.74. The molecule has 0 saturated carbocycles. The van der Waals surface area contributed by atoms with Gasteiger partial charge in [0, 0.05) is 29.8 Å². The van der Waals surface area contributed by atoms with Crippen LogP contribution in [0.25, 0.3) is 0 Å². The fraction of sp³-hybridized carbons (Fsp3) is 0.300. The standard InChI is InChI=1S/C20H22ClN3O4S/c1-14-7-9-18(10-8-14)29(27,28)24-11-3-6-17(24)13-22-19(25)20(26)23-16-5-2-4-15(21)12-16/h2,4-5,7-10,12,17H,3,6,11,13H2,1H3,(H,22,25)(H,23,26)/t17-/m1/s1. The quantitative estimate of drug-likeness (QED) is 0.705. The topological polar surface area (TPSA) is 95.6 Å². The van der Waals surface area contributed by atoms with Gasteiger partial charge in [-0.3, -0.25) is 9.59 Å². The van der Waals surface area contributed by atoms with Crippen LogP contribution >= 0.6 is 11.6 Å². The first-order valence-corrected chi connectivity index (χ1v) is 11.0. The average Bonchev–Trinajstić information content (AvgIpc) is 3.16. The summed E-state index contributed by atoms with van der Waals surface area (Å²) in [6.07, 6.45) is 1.31. The van der Waals surface area contributed by atoms with Gasteiger partial charge in [-0.15, -0.1) is 0 Å². The Labute approximate surface area is 175 Å². The molecule has 0 radical (unpaired) electrons. The molecule has 0 bridgehead atoms. The number of nitrogens with one attached hydrogen (secondary N) is 2. The zero-order chi connectivity index (χ0) is 21.0. The maximum atomic E-state index is 12.9. The molecule has 0 aliphatic carbocycles. The highest BCUT2D eigenvalue weighted by Gasteiger charge is 2.35. The molecule has 3 rings (SSSR count). The third kappa shape index (κ3) is 5.14. The second kappa shape index (κ2) is 8.94. The Morgan fingerprint density at radius 3 is 2.55 bits per heavy atom. The van der Waals surface area contributed by atoms with E-state index in [1.165, 1.54) is 10.4 Å². The van der Waals surface area contributed by atoms with Gasteiger partial charge < -0.3 is 10.6 Å². The minimum absolute atomic E-state index is 0.0624. The molecule has 0 spiro atoms. The second-order valence-corrected chi connectivity index (χ2v) is 9.23. The van der Waals surface area contributed by atoms with Crippen LogP contribution in [0, 0.1) is 6.92 Å². The van der Waals surface area contributed by atoms with Gasteiger partial charge in [-0.05, 0) is 50.1 Å². The zero-order valence-electron chi connectivity index (χ0n) is 15.9. The van der Waals surface area contributed by atoms with E-state index in [2.05, 4.69) is 10.6 Å². The van der Waals surface area contributed by atoms with Crippen molar-refractivity contribution in [1.29, 1.82) is 0 Å². The van der Waals surface area contributed by atoms with Crippen molar-refractivity contribution >= 4 is 39.1 Å². The van der Waals surface area contributed by atoms with Crippen molar-refractivity contribution in [3.63, 3.8) is 0 Å². The summed E-state index contributed by atoms with van der Waals surface area (Å²) in [6, 6.07) is 12.7.